The molecule has 2 aliphatic heterocycles. The van der Waals surface area contributed by atoms with E-state index < -0.39 is 15.9 Å². The summed E-state index contributed by atoms with van der Waals surface area (Å²) in [5, 5.41) is 0. The lowest BCUT2D eigenvalue weighted by atomic mass is 9.78. The van der Waals surface area contributed by atoms with Crippen molar-refractivity contribution in [2.45, 2.75) is 49.5 Å². The number of fused-ring (bicyclic) bond motifs is 2. The second kappa shape index (κ2) is 6.12. The topological polar surface area (TPSA) is 74.8 Å². The molecule has 134 valence electrons. The van der Waals surface area contributed by atoms with Crippen molar-refractivity contribution in [1.82, 2.24) is 9.21 Å². The zero-order valence-corrected chi connectivity index (χ0v) is 14.9. The highest BCUT2D eigenvalue weighted by Crippen LogP contribution is 2.36. The van der Waals surface area contributed by atoms with Crippen LogP contribution in [0.2, 0.25) is 0 Å². The molecule has 0 unspecified atom stereocenters. The van der Waals surface area contributed by atoms with E-state index in [1.807, 2.05) is 4.90 Å². The second-order valence-corrected chi connectivity index (χ2v) is 8.98. The molecule has 7 heteroatoms. The summed E-state index contributed by atoms with van der Waals surface area (Å²) < 4.78 is 26.0. The van der Waals surface area contributed by atoms with Crippen molar-refractivity contribution in [2.75, 3.05) is 13.1 Å². The maximum Gasteiger partial charge on any atom is 0.269 e. The van der Waals surface area contributed by atoms with Crippen molar-refractivity contribution in [1.29, 1.82) is 0 Å². The van der Waals surface area contributed by atoms with Gasteiger partial charge in [0.05, 0.1) is 5.56 Å². The summed E-state index contributed by atoms with van der Waals surface area (Å²) in [5.41, 5.74) is 0.157. The average Bonchev–Trinajstić information content (AvgIpc) is 2.82. The van der Waals surface area contributed by atoms with Crippen LogP contribution in [0.3, 0.4) is 0 Å². The van der Waals surface area contributed by atoms with Crippen LogP contribution in [0.25, 0.3) is 0 Å². The van der Waals surface area contributed by atoms with Crippen LogP contribution in [0.5, 0.6) is 0 Å². The Morgan fingerprint density at radius 1 is 1.08 bits per heavy atom. The molecule has 0 N–H and O–H groups in total. The van der Waals surface area contributed by atoms with Gasteiger partial charge >= 0.3 is 0 Å². The van der Waals surface area contributed by atoms with Crippen LogP contribution in [-0.2, 0) is 14.8 Å². The van der Waals surface area contributed by atoms with Crippen LogP contribution in [0.15, 0.2) is 29.2 Å². The molecule has 0 aromatic heterocycles. The first kappa shape index (κ1) is 16.6. The van der Waals surface area contributed by atoms with Gasteiger partial charge in [0.25, 0.3) is 15.9 Å². The number of nitrogens with zero attached hydrogens (tertiary/aromatic N) is 2. The Kier molecular flexibility index (Phi) is 4.06. The van der Waals surface area contributed by atoms with Crippen molar-refractivity contribution in [3.8, 4) is 0 Å². The first-order chi connectivity index (χ1) is 12.0. The van der Waals surface area contributed by atoms with Gasteiger partial charge in [-0.1, -0.05) is 25.0 Å². The number of sulfonamides is 1. The summed E-state index contributed by atoms with van der Waals surface area (Å²) in [6.45, 7) is 0.272. The molecule has 6 nitrogen and oxygen atoms in total. The second-order valence-electron chi connectivity index (χ2n) is 7.15. The van der Waals surface area contributed by atoms with E-state index in [1.54, 1.807) is 12.1 Å². The van der Waals surface area contributed by atoms with E-state index in [4.69, 9.17) is 0 Å². The SMILES string of the molecule is O=C(CN1C(=O)c2ccccc2S1(=O)=O)N1CCC[C@H]2CCCC[C@@H]21. The molecule has 2 heterocycles. The molecule has 0 bridgehead atoms. The van der Waals surface area contributed by atoms with Crippen molar-refractivity contribution < 1.29 is 18.0 Å². The molecule has 1 aromatic rings. The lowest BCUT2D eigenvalue weighted by Crippen LogP contribution is -2.53. The third-order valence-corrected chi connectivity index (χ3v) is 7.54. The summed E-state index contributed by atoms with van der Waals surface area (Å²) in [7, 11) is -3.92. The van der Waals surface area contributed by atoms with Gasteiger partial charge in [-0.05, 0) is 43.7 Å². The number of hydrogen-bond donors (Lipinski definition) is 0. The maximum atomic E-state index is 12.9. The molecule has 0 radical (unpaired) electrons. The summed E-state index contributed by atoms with van der Waals surface area (Å²) in [5.74, 6) is -0.322. The molecule has 1 aromatic carbocycles. The standard InChI is InChI=1S/C18H22N2O4S/c21-17(19-11-5-7-13-6-1-3-9-15(13)19)12-20-18(22)14-8-2-4-10-16(14)25(20,23)24/h2,4,8,10,13,15H,1,3,5-7,9,11-12H2/t13-,15+/m1/s1. The number of hydrogen-bond acceptors (Lipinski definition) is 4. The fraction of sp³-hybridized carbons (Fsp3) is 0.556. The van der Waals surface area contributed by atoms with Crippen LogP contribution >= 0.6 is 0 Å². The van der Waals surface area contributed by atoms with Gasteiger partial charge in [-0.2, -0.15) is 0 Å². The van der Waals surface area contributed by atoms with Gasteiger partial charge in [0, 0.05) is 12.6 Å². The van der Waals surface area contributed by atoms with E-state index in [2.05, 4.69) is 0 Å². The van der Waals surface area contributed by atoms with Crippen LogP contribution < -0.4 is 0 Å². The summed E-state index contributed by atoms with van der Waals surface area (Å²) in [6, 6.07) is 6.35. The van der Waals surface area contributed by atoms with Crippen molar-refractivity contribution in [2.24, 2.45) is 5.92 Å². The number of carbonyl (C=O) groups is 2. The Morgan fingerprint density at radius 2 is 1.80 bits per heavy atom. The van der Waals surface area contributed by atoms with E-state index in [0.29, 0.717) is 12.5 Å². The van der Waals surface area contributed by atoms with Crippen molar-refractivity contribution in [3.05, 3.63) is 29.8 Å². The number of rotatable bonds is 2. The van der Waals surface area contributed by atoms with Crippen LogP contribution in [-0.4, -0.2) is 48.6 Å². The van der Waals surface area contributed by atoms with Crippen LogP contribution in [0, 0.1) is 5.92 Å². The zero-order valence-electron chi connectivity index (χ0n) is 14.1. The van der Waals surface area contributed by atoms with Gasteiger partial charge in [0.2, 0.25) is 5.91 Å². The van der Waals surface area contributed by atoms with E-state index in [1.165, 1.54) is 18.6 Å². The Balaban J connectivity index is 1.56. The van der Waals surface area contributed by atoms with Gasteiger partial charge in [-0.25, -0.2) is 12.7 Å². The molecular formula is C18H22N2O4S. The summed E-state index contributed by atoms with van der Waals surface area (Å²) >= 11 is 0. The van der Waals surface area contributed by atoms with Crippen LogP contribution in [0.4, 0.5) is 0 Å². The predicted octanol–water partition coefficient (Wildman–Crippen LogP) is 2.01. The molecule has 1 saturated heterocycles. The average molecular weight is 362 g/mol. The smallest absolute Gasteiger partial charge is 0.269 e. The van der Waals surface area contributed by atoms with E-state index in [0.717, 1.165) is 36.4 Å². The zero-order chi connectivity index (χ0) is 17.6. The molecule has 2 fully saturated rings. The lowest BCUT2D eigenvalue weighted by molar-refractivity contribution is -0.137. The molecule has 1 saturated carbocycles. The summed E-state index contributed by atoms with van der Waals surface area (Å²) in [6.07, 6.45) is 6.53. The fourth-order valence-electron chi connectivity index (χ4n) is 4.54. The van der Waals surface area contributed by atoms with E-state index in [-0.39, 0.29) is 29.0 Å². The minimum absolute atomic E-state index is 0.00184. The number of benzene rings is 1. The third kappa shape index (κ3) is 2.65. The number of piperidine rings is 1. The van der Waals surface area contributed by atoms with Crippen LogP contribution in [0.1, 0.15) is 48.9 Å². The monoisotopic (exact) mass is 362 g/mol. The van der Waals surface area contributed by atoms with Crippen molar-refractivity contribution >= 4 is 21.8 Å². The predicted molar refractivity (Wildman–Crippen MR) is 91.4 cm³/mol. The fourth-order valence-corrected chi connectivity index (χ4v) is 6.05. The Morgan fingerprint density at radius 3 is 2.60 bits per heavy atom. The molecule has 2 amide bonds. The van der Waals surface area contributed by atoms with E-state index in [9.17, 15) is 18.0 Å². The normalized spacial score (nSPS) is 27.8. The number of carbonyl (C=O) groups excluding carboxylic acids is 2. The lowest BCUT2D eigenvalue weighted by Gasteiger charge is -2.44. The van der Waals surface area contributed by atoms with Gasteiger partial charge in [-0.3, -0.25) is 9.59 Å². The quantitative estimate of drug-likeness (QED) is 0.807. The highest BCUT2D eigenvalue weighted by molar-refractivity contribution is 7.90. The molecular weight excluding hydrogens is 340 g/mol. The molecule has 3 aliphatic rings. The van der Waals surface area contributed by atoms with Crippen molar-refractivity contribution in [3.63, 3.8) is 0 Å². The third-order valence-electron chi connectivity index (χ3n) is 5.75. The minimum atomic E-state index is -3.92. The van der Waals surface area contributed by atoms with Gasteiger partial charge in [0.15, 0.2) is 0 Å². The maximum absolute atomic E-state index is 12.9. The molecule has 1 aliphatic carbocycles. The first-order valence-electron chi connectivity index (χ1n) is 8.96. The van der Waals surface area contributed by atoms with E-state index >= 15 is 0 Å². The Bertz CT molecular complexity index is 818. The highest BCUT2D eigenvalue weighted by Gasteiger charge is 2.44. The largest absolute Gasteiger partial charge is 0.338 e. The molecule has 4 rings (SSSR count). The molecule has 0 spiro atoms. The Labute approximate surface area is 147 Å². The summed E-state index contributed by atoms with van der Waals surface area (Å²) in [4.78, 5) is 27.2. The van der Waals surface area contributed by atoms with Gasteiger partial charge in [-0.15, -0.1) is 0 Å². The first-order valence-corrected chi connectivity index (χ1v) is 10.4. The van der Waals surface area contributed by atoms with Gasteiger partial charge < -0.3 is 4.90 Å². The molecule has 25 heavy (non-hydrogen) atoms. The Hall–Kier alpha value is -1.89. The number of amides is 2. The highest BCUT2D eigenvalue weighted by atomic mass is 32.2. The minimum Gasteiger partial charge on any atom is -0.338 e. The number of likely N-dealkylation sites (tertiary alicyclic amines) is 1. The van der Waals surface area contributed by atoms with Gasteiger partial charge in [0.1, 0.15) is 11.4 Å². The molecule has 2 atom stereocenters.